The minimum absolute atomic E-state index is 0.220. The van der Waals surface area contributed by atoms with E-state index in [9.17, 15) is 19.8 Å². The third-order valence-electron chi connectivity index (χ3n) is 3.32. The van der Waals surface area contributed by atoms with Crippen molar-refractivity contribution in [1.29, 1.82) is 0 Å². The number of nitrogens with two attached hydrogens (primary N) is 1. The molecule has 1 fully saturated rings. The number of carbonyl (C=O) groups excluding carboxylic acids is 2. The summed E-state index contributed by atoms with van der Waals surface area (Å²) in [5, 5.41) is 23.8. The number of aromatic nitrogens is 3. The number of primary amides is 1. The van der Waals surface area contributed by atoms with Crippen molar-refractivity contribution < 1.29 is 29.3 Å². The van der Waals surface area contributed by atoms with Crippen LogP contribution in [0, 0.1) is 5.41 Å². The van der Waals surface area contributed by atoms with Crippen LogP contribution >= 0.6 is 0 Å². The third kappa shape index (κ3) is 3.66. The average molecular weight is 328 g/mol. The van der Waals surface area contributed by atoms with Crippen molar-refractivity contribution in [3.05, 3.63) is 12.2 Å². The van der Waals surface area contributed by atoms with Crippen LogP contribution in [-0.2, 0) is 14.3 Å². The topological polar surface area (TPSA) is 150 Å². The molecular weight excluding hydrogens is 308 g/mol. The first-order valence-corrected chi connectivity index (χ1v) is 7.01. The van der Waals surface area contributed by atoms with Gasteiger partial charge in [0, 0.05) is 0 Å². The van der Waals surface area contributed by atoms with E-state index in [1.165, 1.54) is 0 Å². The molecule has 4 atom stereocenters. The standard InChI is InChI=1S/C13H20N4O6/c1-13(2,3)12(21)22-4-6-7(18)8(19)11(23-6)17-5-15-10(16-17)9(14)20/h5-8,11,18-19H,4H2,1-3H3,(H2,14,20)/t6-,7-,8+,11-/m0/s1. The fourth-order valence-electron chi connectivity index (χ4n) is 1.97. The number of nitrogens with zero attached hydrogens (tertiary/aromatic N) is 3. The number of aliphatic hydroxyl groups is 2. The van der Waals surface area contributed by atoms with Gasteiger partial charge in [-0.05, 0) is 20.8 Å². The number of ether oxygens (including phenoxy) is 2. The Bertz CT molecular complexity index is 596. The second-order valence-corrected chi connectivity index (χ2v) is 6.31. The summed E-state index contributed by atoms with van der Waals surface area (Å²) in [6.45, 7) is 4.86. The lowest BCUT2D eigenvalue weighted by Gasteiger charge is -2.20. The Morgan fingerprint density at radius 1 is 1.39 bits per heavy atom. The molecule has 2 heterocycles. The van der Waals surface area contributed by atoms with E-state index in [1.807, 2.05) is 0 Å². The van der Waals surface area contributed by atoms with Gasteiger partial charge in [0.2, 0.25) is 5.82 Å². The van der Waals surface area contributed by atoms with Gasteiger partial charge < -0.3 is 25.4 Å². The van der Waals surface area contributed by atoms with Gasteiger partial charge in [-0.2, -0.15) is 0 Å². The number of hydrogen-bond acceptors (Lipinski definition) is 8. The van der Waals surface area contributed by atoms with Crippen molar-refractivity contribution in [2.24, 2.45) is 11.1 Å². The minimum atomic E-state index is -1.32. The molecule has 0 bridgehead atoms. The van der Waals surface area contributed by atoms with Gasteiger partial charge in [-0.1, -0.05) is 0 Å². The van der Waals surface area contributed by atoms with Crippen LogP contribution in [0.1, 0.15) is 37.6 Å². The third-order valence-corrected chi connectivity index (χ3v) is 3.32. The van der Waals surface area contributed by atoms with Gasteiger partial charge in [0.15, 0.2) is 6.23 Å². The molecule has 1 aromatic heterocycles. The molecular formula is C13H20N4O6. The Kier molecular flexibility index (Phi) is 4.68. The maximum atomic E-state index is 11.7. The van der Waals surface area contributed by atoms with Crippen molar-refractivity contribution in [3.63, 3.8) is 0 Å². The summed E-state index contributed by atoms with van der Waals surface area (Å²) in [6.07, 6.45) is -3.44. The van der Waals surface area contributed by atoms with Crippen molar-refractivity contribution in [2.75, 3.05) is 6.61 Å². The summed E-state index contributed by atoms with van der Waals surface area (Å²) in [5.74, 6) is -1.52. The molecule has 2 rings (SSSR count). The zero-order valence-corrected chi connectivity index (χ0v) is 13.0. The summed E-state index contributed by atoms with van der Waals surface area (Å²) in [5.41, 5.74) is 4.36. The normalized spacial score (nSPS) is 27.9. The number of rotatable bonds is 4. The molecule has 1 aliphatic rings. The molecule has 0 aromatic carbocycles. The van der Waals surface area contributed by atoms with Gasteiger partial charge in [-0.3, -0.25) is 9.59 Å². The number of esters is 1. The Morgan fingerprint density at radius 3 is 2.57 bits per heavy atom. The lowest BCUT2D eigenvalue weighted by atomic mass is 9.97. The van der Waals surface area contributed by atoms with Crippen LogP contribution in [0.2, 0.25) is 0 Å². The first-order chi connectivity index (χ1) is 10.6. The van der Waals surface area contributed by atoms with Crippen LogP contribution in [0.4, 0.5) is 0 Å². The van der Waals surface area contributed by atoms with Crippen molar-refractivity contribution in [1.82, 2.24) is 14.8 Å². The Labute approximate surface area is 132 Å². The fourth-order valence-corrected chi connectivity index (χ4v) is 1.97. The quantitative estimate of drug-likeness (QED) is 0.570. The first-order valence-electron chi connectivity index (χ1n) is 7.01. The van der Waals surface area contributed by atoms with E-state index in [-0.39, 0.29) is 12.4 Å². The van der Waals surface area contributed by atoms with E-state index in [0.29, 0.717) is 0 Å². The summed E-state index contributed by atoms with van der Waals surface area (Å²) in [7, 11) is 0. The molecule has 0 unspecified atom stereocenters. The van der Waals surface area contributed by atoms with E-state index >= 15 is 0 Å². The van der Waals surface area contributed by atoms with Gasteiger partial charge in [0.1, 0.15) is 31.2 Å². The molecule has 1 aromatic rings. The van der Waals surface area contributed by atoms with Crippen LogP contribution in [0.25, 0.3) is 0 Å². The second kappa shape index (κ2) is 6.22. The predicted octanol–water partition coefficient (Wildman–Crippen LogP) is -1.41. The highest BCUT2D eigenvalue weighted by Crippen LogP contribution is 2.29. The van der Waals surface area contributed by atoms with Crippen molar-refractivity contribution >= 4 is 11.9 Å². The zero-order valence-electron chi connectivity index (χ0n) is 13.0. The molecule has 0 aliphatic carbocycles. The summed E-state index contributed by atoms with van der Waals surface area (Å²) < 4.78 is 11.6. The van der Waals surface area contributed by atoms with Gasteiger partial charge >= 0.3 is 5.97 Å². The van der Waals surface area contributed by atoms with E-state index in [1.54, 1.807) is 20.8 Å². The molecule has 0 saturated carbocycles. The molecule has 128 valence electrons. The summed E-state index contributed by atoms with van der Waals surface area (Å²) >= 11 is 0. The van der Waals surface area contributed by atoms with E-state index in [0.717, 1.165) is 11.0 Å². The van der Waals surface area contributed by atoms with Crippen molar-refractivity contribution in [2.45, 2.75) is 45.3 Å². The Hall–Kier alpha value is -2.04. The molecule has 10 heteroatoms. The maximum absolute atomic E-state index is 11.7. The molecule has 1 amide bonds. The first kappa shape index (κ1) is 17.3. The SMILES string of the molecule is CC(C)(C)C(=O)OC[C@@H]1O[C@H](n2cnc(C(N)=O)n2)[C@H](O)[C@H]1O. The van der Waals surface area contributed by atoms with Crippen LogP contribution in [0.5, 0.6) is 0 Å². The Morgan fingerprint density at radius 2 is 2.04 bits per heavy atom. The van der Waals surface area contributed by atoms with Gasteiger partial charge in [-0.25, -0.2) is 9.67 Å². The lowest BCUT2D eigenvalue weighted by molar-refractivity contribution is -0.159. The molecule has 1 saturated heterocycles. The van der Waals surface area contributed by atoms with E-state index in [2.05, 4.69) is 10.1 Å². The Balaban J connectivity index is 2.03. The average Bonchev–Trinajstić information content (AvgIpc) is 3.03. The molecule has 4 N–H and O–H groups in total. The monoisotopic (exact) mass is 328 g/mol. The number of hydrogen-bond donors (Lipinski definition) is 3. The van der Waals surface area contributed by atoms with E-state index in [4.69, 9.17) is 15.2 Å². The second-order valence-electron chi connectivity index (χ2n) is 6.31. The van der Waals surface area contributed by atoms with Gasteiger partial charge in [-0.15, -0.1) is 5.10 Å². The maximum Gasteiger partial charge on any atom is 0.311 e. The van der Waals surface area contributed by atoms with Gasteiger partial charge in [0.05, 0.1) is 5.41 Å². The van der Waals surface area contributed by atoms with Gasteiger partial charge in [0.25, 0.3) is 5.91 Å². The highest BCUT2D eigenvalue weighted by Gasteiger charge is 2.45. The van der Waals surface area contributed by atoms with Crippen molar-refractivity contribution in [3.8, 4) is 0 Å². The number of amides is 1. The summed E-state index contributed by atoms with van der Waals surface area (Å²) in [6, 6.07) is 0. The minimum Gasteiger partial charge on any atom is -0.462 e. The highest BCUT2D eigenvalue weighted by molar-refractivity contribution is 5.88. The van der Waals surface area contributed by atoms with Crippen LogP contribution < -0.4 is 5.73 Å². The highest BCUT2D eigenvalue weighted by atomic mass is 16.6. The summed E-state index contributed by atoms with van der Waals surface area (Å²) in [4.78, 5) is 26.4. The molecule has 10 nitrogen and oxygen atoms in total. The largest absolute Gasteiger partial charge is 0.462 e. The molecule has 0 radical (unpaired) electrons. The molecule has 0 spiro atoms. The smallest absolute Gasteiger partial charge is 0.311 e. The molecule has 1 aliphatic heterocycles. The fraction of sp³-hybridized carbons (Fsp3) is 0.692. The predicted molar refractivity (Wildman–Crippen MR) is 74.9 cm³/mol. The molecule has 23 heavy (non-hydrogen) atoms. The lowest BCUT2D eigenvalue weighted by Crippen LogP contribution is -2.35. The number of carbonyl (C=O) groups is 2. The zero-order chi connectivity index (χ0) is 17.4. The van der Waals surface area contributed by atoms with E-state index < -0.39 is 41.8 Å². The number of aliphatic hydroxyl groups excluding tert-OH is 2. The van der Waals surface area contributed by atoms with Crippen LogP contribution in [0.3, 0.4) is 0 Å². The van der Waals surface area contributed by atoms with Crippen LogP contribution in [-0.4, -0.2) is 61.8 Å². The van der Waals surface area contributed by atoms with Crippen LogP contribution in [0.15, 0.2) is 6.33 Å².